The molecule has 2 heterocycles. The van der Waals surface area contributed by atoms with Gasteiger partial charge in [-0.2, -0.15) is 0 Å². The van der Waals surface area contributed by atoms with Crippen molar-refractivity contribution in [1.29, 1.82) is 0 Å². The van der Waals surface area contributed by atoms with Crippen molar-refractivity contribution >= 4 is 37.3 Å². The predicted octanol–water partition coefficient (Wildman–Crippen LogP) is 5.56. The van der Waals surface area contributed by atoms with Gasteiger partial charge in [-0.05, 0) is 24.3 Å². The molecule has 0 fully saturated rings. The maximum atomic E-state index is 12.9. The van der Waals surface area contributed by atoms with Gasteiger partial charge in [0.2, 0.25) is 0 Å². The second-order valence-electron chi connectivity index (χ2n) is 7.37. The minimum absolute atomic E-state index is 0.0140. The summed E-state index contributed by atoms with van der Waals surface area (Å²) >= 11 is 1.79. The third-order valence-corrected chi connectivity index (χ3v) is 5.94. The lowest BCUT2D eigenvalue weighted by molar-refractivity contribution is 0.0912. The SMILES string of the molecule is CCCc1nc2c(c3c1sc1ccccc13)C(=O)CC(C)(C)C2. The zero-order valence-electron chi connectivity index (χ0n) is 13.9. The van der Waals surface area contributed by atoms with E-state index in [0.29, 0.717) is 6.42 Å². The fourth-order valence-corrected chi connectivity index (χ4v) is 5.01. The second kappa shape index (κ2) is 5.13. The van der Waals surface area contributed by atoms with Crippen LogP contribution in [0.1, 0.15) is 55.4 Å². The number of Topliss-reactive ketones (excluding diaryl/α,β-unsaturated/α-hetero) is 1. The van der Waals surface area contributed by atoms with Crippen LogP contribution in [0.4, 0.5) is 0 Å². The van der Waals surface area contributed by atoms with Gasteiger partial charge < -0.3 is 0 Å². The summed E-state index contributed by atoms with van der Waals surface area (Å²) in [7, 11) is 0. The summed E-state index contributed by atoms with van der Waals surface area (Å²) in [6.07, 6.45) is 3.57. The van der Waals surface area contributed by atoms with E-state index >= 15 is 0 Å². The van der Waals surface area contributed by atoms with Gasteiger partial charge >= 0.3 is 0 Å². The van der Waals surface area contributed by atoms with Crippen LogP contribution in [0.25, 0.3) is 20.2 Å². The molecule has 118 valence electrons. The van der Waals surface area contributed by atoms with Crippen molar-refractivity contribution in [3.05, 3.63) is 41.2 Å². The number of thiophene rings is 1. The minimum Gasteiger partial charge on any atom is -0.294 e. The third kappa shape index (κ3) is 2.29. The van der Waals surface area contributed by atoms with E-state index in [9.17, 15) is 4.79 Å². The summed E-state index contributed by atoms with van der Waals surface area (Å²) in [5, 5.41) is 2.39. The molecule has 0 aliphatic heterocycles. The van der Waals surface area contributed by atoms with Gasteiger partial charge in [0.25, 0.3) is 0 Å². The van der Waals surface area contributed by atoms with E-state index in [2.05, 4.69) is 45.0 Å². The Bertz CT molecular complexity index is 936. The van der Waals surface area contributed by atoms with Crippen molar-refractivity contribution in [2.45, 2.75) is 46.5 Å². The first-order chi connectivity index (χ1) is 11.0. The second-order valence-corrected chi connectivity index (χ2v) is 8.43. The molecule has 0 atom stereocenters. The number of carbonyl (C=O) groups is 1. The van der Waals surface area contributed by atoms with Crippen LogP contribution in [0, 0.1) is 5.41 Å². The molecule has 1 aliphatic carbocycles. The van der Waals surface area contributed by atoms with Crippen LogP contribution in [0.3, 0.4) is 0 Å². The molecule has 0 unspecified atom stereocenters. The molecule has 4 rings (SSSR count). The van der Waals surface area contributed by atoms with Crippen molar-refractivity contribution in [2.75, 3.05) is 0 Å². The molecule has 0 radical (unpaired) electrons. The first-order valence-corrected chi connectivity index (χ1v) is 9.18. The molecule has 3 aromatic rings. The highest BCUT2D eigenvalue weighted by Gasteiger charge is 2.34. The number of benzene rings is 1. The minimum atomic E-state index is 0.0140. The predicted molar refractivity (Wildman–Crippen MR) is 97.6 cm³/mol. The van der Waals surface area contributed by atoms with Crippen LogP contribution in [0.2, 0.25) is 0 Å². The Morgan fingerprint density at radius 2 is 2.00 bits per heavy atom. The largest absolute Gasteiger partial charge is 0.294 e. The molecule has 1 aromatic carbocycles. The van der Waals surface area contributed by atoms with Gasteiger partial charge in [0.05, 0.1) is 16.1 Å². The van der Waals surface area contributed by atoms with Crippen LogP contribution >= 0.6 is 11.3 Å². The van der Waals surface area contributed by atoms with E-state index in [4.69, 9.17) is 4.98 Å². The van der Waals surface area contributed by atoms with Gasteiger partial charge in [0, 0.05) is 27.5 Å². The Morgan fingerprint density at radius 3 is 2.78 bits per heavy atom. The number of fused-ring (bicyclic) bond motifs is 5. The Kier molecular flexibility index (Phi) is 3.31. The molecular weight excluding hydrogens is 302 g/mol. The van der Waals surface area contributed by atoms with E-state index in [1.54, 1.807) is 11.3 Å². The molecule has 0 amide bonds. The highest BCUT2D eigenvalue weighted by molar-refractivity contribution is 7.26. The third-order valence-electron chi connectivity index (χ3n) is 4.72. The quantitative estimate of drug-likeness (QED) is 0.618. The highest BCUT2D eigenvalue weighted by atomic mass is 32.1. The lowest BCUT2D eigenvalue weighted by atomic mass is 9.74. The normalized spacial score (nSPS) is 16.9. The van der Waals surface area contributed by atoms with Crippen molar-refractivity contribution < 1.29 is 4.79 Å². The zero-order valence-corrected chi connectivity index (χ0v) is 14.7. The maximum absolute atomic E-state index is 12.9. The highest BCUT2D eigenvalue weighted by Crippen LogP contribution is 2.43. The molecule has 0 saturated carbocycles. The Balaban J connectivity index is 2.14. The van der Waals surface area contributed by atoms with Crippen LogP contribution in [-0.4, -0.2) is 10.8 Å². The number of nitrogens with zero attached hydrogens (tertiary/aromatic N) is 1. The van der Waals surface area contributed by atoms with E-state index in [-0.39, 0.29) is 11.2 Å². The first-order valence-electron chi connectivity index (χ1n) is 8.36. The van der Waals surface area contributed by atoms with Gasteiger partial charge in [0.15, 0.2) is 5.78 Å². The van der Waals surface area contributed by atoms with Crippen molar-refractivity contribution in [1.82, 2.24) is 4.98 Å². The van der Waals surface area contributed by atoms with Crippen LogP contribution in [0.15, 0.2) is 24.3 Å². The number of pyridine rings is 1. The van der Waals surface area contributed by atoms with E-state index in [0.717, 1.165) is 30.5 Å². The van der Waals surface area contributed by atoms with Crippen molar-refractivity contribution in [3.8, 4) is 0 Å². The Hall–Kier alpha value is -1.74. The summed E-state index contributed by atoms with van der Waals surface area (Å²) in [6.45, 7) is 6.53. The van der Waals surface area contributed by atoms with Gasteiger partial charge in [-0.15, -0.1) is 11.3 Å². The summed E-state index contributed by atoms with van der Waals surface area (Å²) in [5.74, 6) is 0.264. The number of ketones is 1. The standard InChI is InChI=1S/C20H21NOS/c1-4-7-13-19-17(12-8-5-6-9-16(12)23-19)18-14(21-13)10-20(2,3)11-15(18)22/h5-6,8-9H,4,7,10-11H2,1-3H3. The summed E-state index contributed by atoms with van der Waals surface area (Å²) in [5.41, 5.74) is 3.11. The molecule has 0 spiro atoms. The van der Waals surface area contributed by atoms with Crippen molar-refractivity contribution in [3.63, 3.8) is 0 Å². The average molecular weight is 323 g/mol. The number of hydrogen-bond acceptors (Lipinski definition) is 3. The molecule has 1 aliphatic rings. The summed E-state index contributed by atoms with van der Waals surface area (Å²) in [6, 6.07) is 8.44. The van der Waals surface area contributed by atoms with Crippen LogP contribution in [0.5, 0.6) is 0 Å². The molecule has 3 heteroatoms. The van der Waals surface area contributed by atoms with Crippen molar-refractivity contribution in [2.24, 2.45) is 5.41 Å². The smallest absolute Gasteiger partial charge is 0.165 e. The monoisotopic (exact) mass is 323 g/mol. The number of hydrogen-bond donors (Lipinski definition) is 0. The molecule has 0 bridgehead atoms. The molecule has 2 aromatic heterocycles. The maximum Gasteiger partial charge on any atom is 0.165 e. The average Bonchev–Trinajstić information content (AvgIpc) is 2.85. The lowest BCUT2D eigenvalue weighted by Crippen LogP contribution is -2.28. The van der Waals surface area contributed by atoms with E-state index in [1.807, 2.05) is 0 Å². The van der Waals surface area contributed by atoms with Gasteiger partial charge in [-0.3, -0.25) is 9.78 Å². The number of rotatable bonds is 2. The fourth-order valence-electron chi connectivity index (χ4n) is 3.78. The number of aryl methyl sites for hydroxylation is 1. The summed E-state index contributed by atoms with van der Waals surface area (Å²) in [4.78, 5) is 17.9. The fraction of sp³-hybridized carbons (Fsp3) is 0.400. The Labute approximate surface area is 140 Å². The number of aromatic nitrogens is 1. The molecule has 0 N–H and O–H groups in total. The van der Waals surface area contributed by atoms with Gasteiger partial charge in [0.1, 0.15) is 0 Å². The van der Waals surface area contributed by atoms with E-state index in [1.165, 1.54) is 25.9 Å². The number of carbonyl (C=O) groups excluding carboxylic acids is 1. The summed E-state index contributed by atoms with van der Waals surface area (Å²) < 4.78 is 2.48. The first kappa shape index (κ1) is 14.8. The molecule has 0 saturated heterocycles. The van der Waals surface area contributed by atoms with Crippen LogP contribution < -0.4 is 0 Å². The molecular formula is C20H21NOS. The van der Waals surface area contributed by atoms with E-state index < -0.39 is 0 Å². The topological polar surface area (TPSA) is 30.0 Å². The molecule has 2 nitrogen and oxygen atoms in total. The zero-order chi connectivity index (χ0) is 16.2. The molecule has 23 heavy (non-hydrogen) atoms. The lowest BCUT2D eigenvalue weighted by Gasteiger charge is -2.30. The van der Waals surface area contributed by atoms with Crippen LogP contribution in [-0.2, 0) is 12.8 Å². The Morgan fingerprint density at radius 1 is 1.22 bits per heavy atom. The van der Waals surface area contributed by atoms with Gasteiger partial charge in [-0.25, -0.2) is 0 Å². The van der Waals surface area contributed by atoms with Gasteiger partial charge in [-0.1, -0.05) is 45.4 Å².